The predicted octanol–water partition coefficient (Wildman–Crippen LogP) is 3.19. The molecule has 0 saturated carbocycles. The fraction of sp³-hybridized carbons (Fsp3) is 0.188. The van der Waals surface area contributed by atoms with Crippen molar-refractivity contribution in [3.8, 4) is 0 Å². The molecule has 0 aliphatic carbocycles. The fourth-order valence-electron chi connectivity index (χ4n) is 2.13. The number of anilines is 3. The SMILES string of the molecule is CNc1c(F)cccc1C(=O)Nc1ccccc1N(C)C. The first-order chi connectivity index (χ1) is 10.0. The van der Waals surface area contributed by atoms with E-state index in [0.29, 0.717) is 5.69 Å². The van der Waals surface area contributed by atoms with Crippen LogP contribution >= 0.6 is 0 Å². The summed E-state index contributed by atoms with van der Waals surface area (Å²) in [7, 11) is 5.38. The molecule has 110 valence electrons. The first-order valence-electron chi connectivity index (χ1n) is 6.58. The zero-order chi connectivity index (χ0) is 15.4. The molecule has 0 saturated heterocycles. The summed E-state index contributed by atoms with van der Waals surface area (Å²) < 4.78 is 13.7. The van der Waals surface area contributed by atoms with Gasteiger partial charge in [0.2, 0.25) is 0 Å². The van der Waals surface area contributed by atoms with E-state index in [4.69, 9.17) is 0 Å². The molecule has 21 heavy (non-hydrogen) atoms. The number of rotatable bonds is 4. The van der Waals surface area contributed by atoms with Crippen LogP contribution in [0.4, 0.5) is 21.5 Å². The summed E-state index contributed by atoms with van der Waals surface area (Å²) in [4.78, 5) is 14.3. The van der Waals surface area contributed by atoms with Gasteiger partial charge in [-0.1, -0.05) is 18.2 Å². The normalized spacial score (nSPS) is 10.1. The second kappa shape index (κ2) is 6.26. The number of amides is 1. The Balaban J connectivity index is 2.33. The van der Waals surface area contributed by atoms with Crippen molar-refractivity contribution in [3.63, 3.8) is 0 Å². The van der Waals surface area contributed by atoms with Gasteiger partial charge in [0.25, 0.3) is 5.91 Å². The third-order valence-corrected chi connectivity index (χ3v) is 3.14. The van der Waals surface area contributed by atoms with Gasteiger partial charge in [-0.05, 0) is 24.3 Å². The van der Waals surface area contributed by atoms with E-state index in [9.17, 15) is 9.18 Å². The van der Waals surface area contributed by atoms with Gasteiger partial charge in [-0.2, -0.15) is 0 Å². The molecule has 0 radical (unpaired) electrons. The summed E-state index contributed by atoms with van der Waals surface area (Å²) in [5, 5.41) is 5.54. The number of halogens is 1. The second-order valence-corrected chi connectivity index (χ2v) is 4.78. The van der Waals surface area contributed by atoms with Gasteiger partial charge in [0.15, 0.2) is 0 Å². The molecule has 0 aliphatic heterocycles. The number of hydrogen-bond donors (Lipinski definition) is 2. The Hall–Kier alpha value is -2.56. The Labute approximate surface area is 123 Å². The molecule has 2 N–H and O–H groups in total. The average Bonchev–Trinajstić information content (AvgIpc) is 2.47. The van der Waals surface area contributed by atoms with E-state index in [1.165, 1.54) is 12.1 Å². The van der Waals surface area contributed by atoms with E-state index < -0.39 is 5.82 Å². The van der Waals surface area contributed by atoms with Crippen molar-refractivity contribution in [1.82, 2.24) is 0 Å². The lowest BCUT2D eigenvalue weighted by atomic mass is 10.1. The first-order valence-corrected chi connectivity index (χ1v) is 6.58. The molecule has 2 rings (SSSR count). The second-order valence-electron chi connectivity index (χ2n) is 4.78. The molecule has 0 spiro atoms. The largest absolute Gasteiger partial charge is 0.385 e. The minimum Gasteiger partial charge on any atom is -0.385 e. The van der Waals surface area contributed by atoms with Crippen molar-refractivity contribution >= 4 is 23.0 Å². The average molecular weight is 287 g/mol. The molecule has 1 amide bonds. The standard InChI is InChI=1S/C16H18FN3O/c1-18-15-11(7-6-8-12(15)17)16(21)19-13-9-4-5-10-14(13)20(2)3/h4-10,18H,1-3H3,(H,19,21). The third-order valence-electron chi connectivity index (χ3n) is 3.14. The van der Waals surface area contributed by atoms with Crippen molar-refractivity contribution in [3.05, 3.63) is 53.8 Å². The lowest BCUT2D eigenvalue weighted by Gasteiger charge is -2.18. The Morgan fingerprint density at radius 3 is 2.48 bits per heavy atom. The Morgan fingerprint density at radius 2 is 1.81 bits per heavy atom. The summed E-state index contributed by atoms with van der Waals surface area (Å²) in [5.41, 5.74) is 2.02. The molecular formula is C16H18FN3O. The van der Waals surface area contributed by atoms with Crippen molar-refractivity contribution in [1.29, 1.82) is 0 Å². The highest BCUT2D eigenvalue weighted by Gasteiger charge is 2.15. The van der Waals surface area contributed by atoms with Crippen molar-refractivity contribution < 1.29 is 9.18 Å². The fourth-order valence-corrected chi connectivity index (χ4v) is 2.13. The van der Waals surface area contributed by atoms with E-state index in [1.54, 1.807) is 13.1 Å². The van der Waals surface area contributed by atoms with Crippen molar-refractivity contribution in [2.75, 3.05) is 36.7 Å². The molecule has 5 heteroatoms. The van der Waals surface area contributed by atoms with E-state index in [0.717, 1.165) is 5.69 Å². The number of hydrogen-bond acceptors (Lipinski definition) is 3. The number of para-hydroxylation sites is 3. The molecule has 2 aromatic carbocycles. The van der Waals surface area contributed by atoms with E-state index in [-0.39, 0.29) is 17.2 Å². The van der Waals surface area contributed by atoms with Gasteiger partial charge >= 0.3 is 0 Å². The first kappa shape index (κ1) is 14.8. The summed E-state index contributed by atoms with van der Waals surface area (Å²) in [6.07, 6.45) is 0. The topological polar surface area (TPSA) is 44.4 Å². The van der Waals surface area contributed by atoms with Gasteiger partial charge < -0.3 is 15.5 Å². The van der Waals surface area contributed by atoms with Crippen LogP contribution in [0, 0.1) is 5.82 Å². The number of benzene rings is 2. The van der Waals surface area contributed by atoms with E-state index >= 15 is 0 Å². The summed E-state index contributed by atoms with van der Waals surface area (Å²) >= 11 is 0. The number of carbonyl (C=O) groups is 1. The Kier molecular flexibility index (Phi) is 4.42. The maximum absolute atomic E-state index is 13.7. The third kappa shape index (κ3) is 3.13. The van der Waals surface area contributed by atoms with Crippen LogP contribution in [-0.4, -0.2) is 27.1 Å². The Bertz CT molecular complexity index is 656. The van der Waals surface area contributed by atoms with E-state index in [1.807, 2.05) is 43.3 Å². The zero-order valence-corrected chi connectivity index (χ0v) is 12.3. The summed E-state index contributed by atoms with van der Waals surface area (Å²) in [6, 6.07) is 11.9. The molecule has 0 unspecified atom stereocenters. The van der Waals surface area contributed by atoms with Gasteiger partial charge in [-0.3, -0.25) is 4.79 Å². The van der Waals surface area contributed by atoms with Crippen LogP contribution < -0.4 is 15.5 Å². The molecule has 0 aromatic heterocycles. The van der Waals surface area contributed by atoms with Crippen LogP contribution in [0.2, 0.25) is 0 Å². The summed E-state index contributed by atoms with van der Waals surface area (Å²) in [6.45, 7) is 0. The molecule has 0 bridgehead atoms. The molecule has 0 aliphatic rings. The van der Waals surface area contributed by atoms with Gasteiger partial charge in [-0.25, -0.2) is 4.39 Å². The van der Waals surface area contributed by atoms with Crippen LogP contribution in [0.3, 0.4) is 0 Å². The highest BCUT2D eigenvalue weighted by atomic mass is 19.1. The van der Waals surface area contributed by atoms with Crippen LogP contribution in [0.5, 0.6) is 0 Å². The van der Waals surface area contributed by atoms with Crippen LogP contribution in [0.15, 0.2) is 42.5 Å². The number of carbonyl (C=O) groups excluding carboxylic acids is 1. The van der Waals surface area contributed by atoms with Crippen LogP contribution in [0.1, 0.15) is 10.4 Å². The lowest BCUT2D eigenvalue weighted by molar-refractivity contribution is 0.102. The van der Waals surface area contributed by atoms with Gasteiger partial charge in [0, 0.05) is 21.1 Å². The molecular weight excluding hydrogens is 269 g/mol. The minimum absolute atomic E-state index is 0.192. The maximum Gasteiger partial charge on any atom is 0.257 e. The smallest absolute Gasteiger partial charge is 0.257 e. The molecule has 0 atom stereocenters. The zero-order valence-electron chi connectivity index (χ0n) is 12.3. The highest BCUT2D eigenvalue weighted by molar-refractivity contribution is 6.09. The van der Waals surface area contributed by atoms with Gasteiger partial charge in [-0.15, -0.1) is 0 Å². The number of nitrogens with zero attached hydrogens (tertiary/aromatic N) is 1. The van der Waals surface area contributed by atoms with Crippen LogP contribution in [-0.2, 0) is 0 Å². The minimum atomic E-state index is -0.453. The quantitative estimate of drug-likeness (QED) is 0.907. The predicted molar refractivity (Wildman–Crippen MR) is 84.7 cm³/mol. The maximum atomic E-state index is 13.7. The molecule has 4 nitrogen and oxygen atoms in total. The van der Waals surface area contributed by atoms with Crippen LogP contribution in [0.25, 0.3) is 0 Å². The monoisotopic (exact) mass is 287 g/mol. The van der Waals surface area contributed by atoms with E-state index in [2.05, 4.69) is 10.6 Å². The highest BCUT2D eigenvalue weighted by Crippen LogP contribution is 2.26. The van der Waals surface area contributed by atoms with Crippen molar-refractivity contribution in [2.45, 2.75) is 0 Å². The lowest BCUT2D eigenvalue weighted by Crippen LogP contribution is -2.18. The van der Waals surface area contributed by atoms with Crippen molar-refractivity contribution in [2.24, 2.45) is 0 Å². The Morgan fingerprint density at radius 1 is 1.10 bits per heavy atom. The van der Waals surface area contributed by atoms with Gasteiger partial charge in [0.05, 0.1) is 22.6 Å². The molecule has 0 fully saturated rings. The number of nitrogens with one attached hydrogen (secondary N) is 2. The molecule has 2 aromatic rings. The molecule has 0 heterocycles. The summed E-state index contributed by atoms with van der Waals surface area (Å²) in [5.74, 6) is -0.806. The van der Waals surface area contributed by atoms with Gasteiger partial charge in [0.1, 0.15) is 5.82 Å².